The zero-order valence-corrected chi connectivity index (χ0v) is 9.21. The zero-order valence-electron chi connectivity index (χ0n) is 9.21. The van der Waals surface area contributed by atoms with Gasteiger partial charge in [-0.1, -0.05) is 17.7 Å². The fourth-order valence-corrected chi connectivity index (χ4v) is 1.86. The Labute approximate surface area is 93.8 Å². The molecule has 16 heavy (non-hydrogen) atoms. The first-order valence-corrected chi connectivity index (χ1v) is 5.07. The van der Waals surface area contributed by atoms with E-state index in [0.29, 0.717) is 0 Å². The minimum absolute atomic E-state index is 0.163. The number of methoxy groups -OCH3 is 1. The molecule has 1 aromatic carbocycles. The van der Waals surface area contributed by atoms with E-state index in [9.17, 15) is 9.59 Å². The SMILES string of the molecule is CO[C@H]1C(=O)N(c2ccc(C)cc2)[C@H]1C=O. The van der Waals surface area contributed by atoms with Gasteiger partial charge < -0.3 is 9.53 Å². The number of benzene rings is 1. The lowest BCUT2D eigenvalue weighted by atomic mass is 9.98. The second kappa shape index (κ2) is 4.06. The van der Waals surface area contributed by atoms with E-state index < -0.39 is 12.1 Å². The fourth-order valence-electron chi connectivity index (χ4n) is 1.86. The number of β-lactam (4-membered cyclic amide) rings is 1. The van der Waals surface area contributed by atoms with E-state index in [1.165, 1.54) is 12.0 Å². The van der Waals surface area contributed by atoms with Crippen LogP contribution in [0.5, 0.6) is 0 Å². The number of hydrogen-bond donors (Lipinski definition) is 0. The maximum atomic E-state index is 11.7. The van der Waals surface area contributed by atoms with Crippen molar-refractivity contribution in [2.45, 2.75) is 19.1 Å². The van der Waals surface area contributed by atoms with Gasteiger partial charge in [-0.15, -0.1) is 0 Å². The van der Waals surface area contributed by atoms with Gasteiger partial charge in [-0.2, -0.15) is 0 Å². The third kappa shape index (κ3) is 1.51. The Balaban J connectivity index is 2.25. The Hall–Kier alpha value is -1.68. The predicted octanol–water partition coefficient (Wildman–Crippen LogP) is 0.924. The minimum atomic E-state index is -0.626. The highest BCUT2D eigenvalue weighted by Crippen LogP contribution is 2.28. The van der Waals surface area contributed by atoms with Crippen LogP contribution in [0.2, 0.25) is 0 Å². The Morgan fingerprint density at radius 3 is 2.44 bits per heavy atom. The molecule has 1 fully saturated rings. The average molecular weight is 219 g/mol. The molecular formula is C12H13NO3. The first-order chi connectivity index (χ1) is 7.69. The largest absolute Gasteiger partial charge is 0.369 e. The Kier molecular flexibility index (Phi) is 2.75. The number of aldehydes is 1. The van der Waals surface area contributed by atoms with Crippen molar-refractivity contribution in [1.29, 1.82) is 0 Å². The molecule has 84 valence electrons. The van der Waals surface area contributed by atoms with Gasteiger partial charge in [0.1, 0.15) is 12.3 Å². The molecule has 0 N–H and O–H groups in total. The molecule has 1 aliphatic rings. The van der Waals surface area contributed by atoms with Crippen LogP contribution in [0.1, 0.15) is 5.56 Å². The third-order valence-electron chi connectivity index (χ3n) is 2.79. The summed E-state index contributed by atoms with van der Waals surface area (Å²) in [7, 11) is 1.44. The quantitative estimate of drug-likeness (QED) is 0.561. The molecule has 2 rings (SSSR count). The Morgan fingerprint density at radius 2 is 1.94 bits per heavy atom. The molecule has 0 saturated carbocycles. The zero-order chi connectivity index (χ0) is 11.7. The minimum Gasteiger partial charge on any atom is -0.369 e. The van der Waals surface area contributed by atoms with Crippen LogP contribution in [0, 0.1) is 6.92 Å². The van der Waals surface area contributed by atoms with Gasteiger partial charge in [-0.05, 0) is 19.1 Å². The summed E-state index contributed by atoms with van der Waals surface area (Å²) in [4.78, 5) is 24.0. The van der Waals surface area contributed by atoms with Crippen molar-refractivity contribution in [3.63, 3.8) is 0 Å². The molecule has 0 bridgehead atoms. The lowest BCUT2D eigenvalue weighted by Crippen LogP contribution is -2.66. The van der Waals surface area contributed by atoms with Crippen molar-refractivity contribution in [2.24, 2.45) is 0 Å². The molecule has 4 heteroatoms. The van der Waals surface area contributed by atoms with Crippen LogP contribution in [0.4, 0.5) is 5.69 Å². The maximum Gasteiger partial charge on any atom is 0.259 e. The van der Waals surface area contributed by atoms with Crippen molar-refractivity contribution in [1.82, 2.24) is 0 Å². The number of ether oxygens (including phenoxy) is 1. The molecule has 4 nitrogen and oxygen atoms in total. The lowest BCUT2D eigenvalue weighted by Gasteiger charge is -2.42. The summed E-state index contributed by atoms with van der Waals surface area (Å²) < 4.78 is 4.95. The second-order valence-corrected chi connectivity index (χ2v) is 3.83. The number of nitrogens with zero attached hydrogens (tertiary/aromatic N) is 1. The molecular weight excluding hydrogens is 206 g/mol. The van der Waals surface area contributed by atoms with Crippen molar-refractivity contribution in [3.05, 3.63) is 29.8 Å². The first kappa shape index (κ1) is 10.8. The van der Waals surface area contributed by atoms with Gasteiger partial charge in [0, 0.05) is 12.8 Å². The number of rotatable bonds is 3. The van der Waals surface area contributed by atoms with Crippen LogP contribution >= 0.6 is 0 Å². The van der Waals surface area contributed by atoms with Crippen molar-refractivity contribution >= 4 is 17.9 Å². The third-order valence-corrected chi connectivity index (χ3v) is 2.79. The summed E-state index contributed by atoms with van der Waals surface area (Å²) in [6.45, 7) is 1.97. The van der Waals surface area contributed by atoms with Gasteiger partial charge in [0.2, 0.25) is 0 Å². The van der Waals surface area contributed by atoms with Crippen LogP contribution in [0.3, 0.4) is 0 Å². The van der Waals surface area contributed by atoms with Crippen LogP contribution in [0.15, 0.2) is 24.3 Å². The van der Waals surface area contributed by atoms with Gasteiger partial charge in [-0.3, -0.25) is 9.69 Å². The number of amides is 1. The second-order valence-electron chi connectivity index (χ2n) is 3.83. The predicted molar refractivity (Wildman–Crippen MR) is 59.3 cm³/mol. The first-order valence-electron chi connectivity index (χ1n) is 5.07. The smallest absolute Gasteiger partial charge is 0.259 e. The molecule has 1 heterocycles. The summed E-state index contributed by atoms with van der Waals surface area (Å²) in [5.74, 6) is -0.163. The molecule has 1 aromatic rings. The molecule has 1 saturated heterocycles. The average Bonchev–Trinajstić information content (AvgIpc) is 2.29. The van der Waals surface area contributed by atoms with E-state index in [1.807, 2.05) is 31.2 Å². The van der Waals surface area contributed by atoms with Gasteiger partial charge in [0.05, 0.1) is 0 Å². The highest BCUT2D eigenvalue weighted by molar-refractivity contribution is 6.10. The fraction of sp³-hybridized carbons (Fsp3) is 0.333. The van der Waals surface area contributed by atoms with E-state index in [0.717, 1.165) is 17.5 Å². The van der Waals surface area contributed by atoms with E-state index in [-0.39, 0.29) is 5.91 Å². The van der Waals surface area contributed by atoms with Crippen LogP contribution in [-0.2, 0) is 14.3 Å². The number of carbonyl (C=O) groups is 2. The number of aryl methyl sites for hydroxylation is 1. The number of carbonyl (C=O) groups excluding carboxylic acids is 2. The maximum absolute atomic E-state index is 11.7. The van der Waals surface area contributed by atoms with E-state index in [4.69, 9.17) is 4.74 Å². The number of anilines is 1. The molecule has 0 radical (unpaired) electrons. The molecule has 0 aromatic heterocycles. The van der Waals surface area contributed by atoms with Crippen molar-refractivity contribution in [3.8, 4) is 0 Å². The van der Waals surface area contributed by atoms with Gasteiger partial charge in [-0.25, -0.2) is 0 Å². The summed E-state index contributed by atoms with van der Waals surface area (Å²) in [6, 6.07) is 6.97. The van der Waals surface area contributed by atoms with E-state index >= 15 is 0 Å². The standard InChI is InChI=1S/C12H13NO3/c1-8-3-5-9(6-4-8)13-10(7-14)11(16-2)12(13)15/h3-7,10-11H,1-2H3/t10-,11+/m0/s1. The van der Waals surface area contributed by atoms with Crippen molar-refractivity contribution in [2.75, 3.05) is 12.0 Å². The molecule has 2 atom stereocenters. The van der Waals surface area contributed by atoms with Crippen LogP contribution < -0.4 is 4.90 Å². The normalized spacial score (nSPS) is 24.1. The monoisotopic (exact) mass is 219 g/mol. The topological polar surface area (TPSA) is 46.6 Å². The summed E-state index contributed by atoms with van der Waals surface area (Å²) in [5.41, 5.74) is 1.85. The van der Waals surface area contributed by atoms with Crippen LogP contribution in [0.25, 0.3) is 0 Å². The van der Waals surface area contributed by atoms with Gasteiger partial charge >= 0.3 is 0 Å². The highest BCUT2D eigenvalue weighted by Gasteiger charge is 2.48. The van der Waals surface area contributed by atoms with E-state index in [2.05, 4.69) is 0 Å². The lowest BCUT2D eigenvalue weighted by molar-refractivity contribution is -0.142. The molecule has 0 spiro atoms. The van der Waals surface area contributed by atoms with E-state index in [1.54, 1.807) is 0 Å². The molecule has 0 unspecified atom stereocenters. The highest BCUT2D eigenvalue weighted by atomic mass is 16.5. The number of hydrogen-bond acceptors (Lipinski definition) is 3. The summed E-state index contributed by atoms with van der Waals surface area (Å²) in [5, 5.41) is 0. The van der Waals surface area contributed by atoms with Crippen LogP contribution in [-0.4, -0.2) is 31.4 Å². The Bertz CT molecular complexity index is 413. The van der Waals surface area contributed by atoms with Gasteiger partial charge in [0.25, 0.3) is 5.91 Å². The molecule has 0 aliphatic carbocycles. The van der Waals surface area contributed by atoms with Gasteiger partial charge in [0.15, 0.2) is 6.10 Å². The Morgan fingerprint density at radius 1 is 1.31 bits per heavy atom. The van der Waals surface area contributed by atoms with Crippen molar-refractivity contribution < 1.29 is 14.3 Å². The molecule has 1 aliphatic heterocycles. The summed E-state index contributed by atoms with van der Waals surface area (Å²) in [6.07, 6.45) is 0.119. The summed E-state index contributed by atoms with van der Waals surface area (Å²) >= 11 is 0. The molecule has 1 amide bonds.